The third-order valence-electron chi connectivity index (χ3n) is 1.41. The molecule has 70 valence electrons. The van der Waals surface area contributed by atoms with Gasteiger partial charge in [0.2, 0.25) is 0 Å². The van der Waals surface area contributed by atoms with Gasteiger partial charge < -0.3 is 4.74 Å². The van der Waals surface area contributed by atoms with Crippen molar-refractivity contribution in [2.75, 3.05) is 0 Å². The normalized spacial score (nSPS) is 10.2. The van der Waals surface area contributed by atoms with E-state index in [0.717, 1.165) is 0 Å². The van der Waals surface area contributed by atoms with Crippen molar-refractivity contribution >= 4 is 17.6 Å². The summed E-state index contributed by atoms with van der Waals surface area (Å²) >= 11 is 5.68. The van der Waals surface area contributed by atoms with Crippen LogP contribution < -0.4 is 4.74 Å². The standard InChI is InChI=1S/C9H10ClNO2/c1-6(2)9(12)13-7-4-3-5-11-8(7)10/h3-6H,1-2H3. The van der Waals surface area contributed by atoms with E-state index in [1.54, 1.807) is 26.0 Å². The van der Waals surface area contributed by atoms with Gasteiger partial charge in [0.25, 0.3) is 0 Å². The molecule has 0 bridgehead atoms. The SMILES string of the molecule is CC(C)C(=O)Oc1cccnc1Cl. The lowest BCUT2D eigenvalue weighted by atomic mass is 10.2. The van der Waals surface area contributed by atoms with E-state index in [2.05, 4.69) is 4.98 Å². The molecule has 0 saturated heterocycles. The molecule has 1 heterocycles. The highest BCUT2D eigenvalue weighted by Crippen LogP contribution is 2.21. The maximum Gasteiger partial charge on any atom is 0.313 e. The maximum atomic E-state index is 11.2. The molecule has 0 saturated carbocycles. The van der Waals surface area contributed by atoms with Gasteiger partial charge in [-0.3, -0.25) is 4.79 Å². The molecule has 0 spiro atoms. The van der Waals surface area contributed by atoms with Gasteiger partial charge >= 0.3 is 5.97 Å². The number of pyridine rings is 1. The number of carbonyl (C=O) groups is 1. The van der Waals surface area contributed by atoms with Gasteiger partial charge in [-0.05, 0) is 12.1 Å². The Morgan fingerprint density at radius 1 is 1.62 bits per heavy atom. The number of aromatic nitrogens is 1. The molecule has 0 radical (unpaired) electrons. The van der Waals surface area contributed by atoms with Gasteiger partial charge in [-0.1, -0.05) is 25.4 Å². The fourth-order valence-corrected chi connectivity index (χ4v) is 0.832. The van der Waals surface area contributed by atoms with Crippen molar-refractivity contribution in [3.63, 3.8) is 0 Å². The summed E-state index contributed by atoms with van der Waals surface area (Å²) < 4.78 is 4.97. The molecule has 0 amide bonds. The Hall–Kier alpha value is -1.09. The van der Waals surface area contributed by atoms with Crippen LogP contribution in [0, 0.1) is 5.92 Å². The number of carbonyl (C=O) groups excluding carboxylic acids is 1. The van der Waals surface area contributed by atoms with Crippen molar-refractivity contribution in [2.45, 2.75) is 13.8 Å². The molecular formula is C9H10ClNO2. The minimum absolute atomic E-state index is 0.170. The second-order valence-corrected chi connectivity index (χ2v) is 3.23. The zero-order valence-electron chi connectivity index (χ0n) is 7.45. The molecular weight excluding hydrogens is 190 g/mol. The lowest BCUT2D eigenvalue weighted by Gasteiger charge is -2.06. The third-order valence-corrected chi connectivity index (χ3v) is 1.69. The van der Waals surface area contributed by atoms with E-state index < -0.39 is 0 Å². The van der Waals surface area contributed by atoms with Crippen LogP contribution in [0.5, 0.6) is 5.75 Å². The van der Waals surface area contributed by atoms with Crippen LogP contribution in [-0.4, -0.2) is 11.0 Å². The highest BCUT2D eigenvalue weighted by atomic mass is 35.5. The maximum absolute atomic E-state index is 11.2. The summed E-state index contributed by atoms with van der Waals surface area (Å²) in [6, 6.07) is 3.27. The van der Waals surface area contributed by atoms with Gasteiger partial charge in [-0.15, -0.1) is 0 Å². The second kappa shape index (κ2) is 4.23. The largest absolute Gasteiger partial charge is 0.423 e. The molecule has 1 rings (SSSR count). The predicted molar refractivity (Wildman–Crippen MR) is 49.7 cm³/mol. The first kappa shape index (κ1) is 9.99. The van der Waals surface area contributed by atoms with Crippen molar-refractivity contribution in [2.24, 2.45) is 5.92 Å². The van der Waals surface area contributed by atoms with Crippen molar-refractivity contribution in [3.8, 4) is 5.75 Å². The monoisotopic (exact) mass is 199 g/mol. The molecule has 0 atom stereocenters. The van der Waals surface area contributed by atoms with Gasteiger partial charge in [-0.25, -0.2) is 4.98 Å². The van der Waals surface area contributed by atoms with E-state index in [-0.39, 0.29) is 17.0 Å². The summed E-state index contributed by atoms with van der Waals surface area (Å²) in [5.74, 6) is -0.172. The molecule has 0 aliphatic rings. The molecule has 0 aromatic carbocycles. The van der Waals surface area contributed by atoms with E-state index in [1.165, 1.54) is 6.20 Å². The number of hydrogen-bond donors (Lipinski definition) is 0. The van der Waals surface area contributed by atoms with Crippen molar-refractivity contribution in [1.29, 1.82) is 0 Å². The highest BCUT2D eigenvalue weighted by Gasteiger charge is 2.11. The summed E-state index contributed by atoms with van der Waals surface area (Å²) in [5, 5.41) is 0.205. The van der Waals surface area contributed by atoms with Crippen LogP contribution in [0.15, 0.2) is 18.3 Å². The van der Waals surface area contributed by atoms with Gasteiger partial charge in [0.15, 0.2) is 10.9 Å². The van der Waals surface area contributed by atoms with E-state index in [0.29, 0.717) is 5.75 Å². The summed E-state index contributed by atoms with van der Waals surface area (Å²) in [7, 11) is 0. The molecule has 13 heavy (non-hydrogen) atoms. The Bertz CT molecular complexity index is 312. The molecule has 1 aromatic rings. The minimum Gasteiger partial charge on any atom is -0.423 e. The first-order valence-corrected chi connectivity index (χ1v) is 4.31. The van der Waals surface area contributed by atoms with Crippen molar-refractivity contribution in [1.82, 2.24) is 4.98 Å². The Labute approximate surface area is 81.7 Å². The topological polar surface area (TPSA) is 39.2 Å². The second-order valence-electron chi connectivity index (χ2n) is 2.87. The van der Waals surface area contributed by atoms with Crippen LogP contribution in [0.3, 0.4) is 0 Å². The van der Waals surface area contributed by atoms with Crippen LogP contribution in [0.25, 0.3) is 0 Å². The number of rotatable bonds is 2. The lowest BCUT2D eigenvalue weighted by molar-refractivity contribution is -0.137. The van der Waals surface area contributed by atoms with Crippen LogP contribution in [-0.2, 0) is 4.79 Å². The predicted octanol–water partition coefficient (Wildman–Crippen LogP) is 2.30. The van der Waals surface area contributed by atoms with Gasteiger partial charge in [0.05, 0.1) is 5.92 Å². The van der Waals surface area contributed by atoms with Gasteiger partial charge in [0.1, 0.15) is 0 Å². The minimum atomic E-state index is -0.310. The molecule has 0 N–H and O–H groups in total. The molecule has 0 fully saturated rings. The van der Waals surface area contributed by atoms with Crippen molar-refractivity contribution in [3.05, 3.63) is 23.5 Å². The summed E-state index contributed by atoms with van der Waals surface area (Å²) in [5.41, 5.74) is 0. The summed E-state index contributed by atoms with van der Waals surface area (Å²) in [6.45, 7) is 3.51. The van der Waals surface area contributed by atoms with Crippen LogP contribution in [0.1, 0.15) is 13.8 Å². The number of esters is 1. The zero-order chi connectivity index (χ0) is 9.84. The van der Waals surface area contributed by atoms with E-state index in [4.69, 9.17) is 16.3 Å². The first-order chi connectivity index (χ1) is 6.11. The molecule has 3 nitrogen and oxygen atoms in total. The van der Waals surface area contributed by atoms with E-state index >= 15 is 0 Å². The van der Waals surface area contributed by atoms with E-state index in [9.17, 15) is 4.79 Å². The first-order valence-electron chi connectivity index (χ1n) is 3.93. The smallest absolute Gasteiger partial charge is 0.313 e. The lowest BCUT2D eigenvalue weighted by Crippen LogP contribution is -2.15. The Balaban J connectivity index is 2.75. The van der Waals surface area contributed by atoms with Crippen molar-refractivity contribution < 1.29 is 9.53 Å². The average Bonchev–Trinajstić information content (AvgIpc) is 2.08. The van der Waals surface area contributed by atoms with Gasteiger partial charge in [0, 0.05) is 6.20 Å². The molecule has 4 heteroatoms. The third kappa shape index (κ3) is 2.70. The number of nitrogens with zero attached hydrogens (tertiary/aromatic N) is 1. The molecule has 0 aliphatic heterocycles. The zero-order valence-corrected chi connectivity index (χ0v) is 8.21. The molecule has 0 aliphatic carbocycles. The van der Waals surface area contributed by atoms with E-state index in [1.807, 2.05) is 0 Å². The molecule has 0 unspecified atom stereocenters. The summed E-state index contributed by atoms with van der Waals surface area (Å²) in [6.07, 6.45) is 1.54. The Morgan fingerprint density at radius 2 is 2.31 bits per heavy atom. The number of ether oxygens (including phenoxy) is 1. The highest BCUT2D eigenvalue weighted by molar-refractivity contribution is 6.30. The molecule has 1 aromatic heterocycles. The average molecular weight is 200 g/mol. The number of hydrogen-bond acceptors (Lipinski definition) is 3. The quantitative estimate of drug-likeness (QED) is 0.542. The van der Waals surface area contributed by atoms with Crippen LogP contribution in [0.2, 0.25) is 5.15 Å². The fraction of sp³-hybridized carbons (Fsp3) is 0.333. The van der Waals surface area contributed by atoms with Crippen LogP contribution in [0.4, 0.5) is 0 Å². The summed E-state index contributed by atoms with van der Waals surface area (Å²) in [4.78, 5) is 14.9. The Kier molecular flexibility index (Phi) is 3.25. The fourth-order valence-electron chi connectivity index (χ4n) is 0.674. The van der Waals surface area contributed by atoms with Crippen LogP contribution >= 0.6 is 11.6 Å². The number of halogens is 1. The Morgan fingerprint density at radius 3 is 2.85 bits per heavy atom. The van der Waals surface area contributed by atoms with Gasteiger partial charge in [-0.2, -0.15) is 0 Å².